The lowest BCUT2D eigenvalue weighted by molar-refractivity contribution is -0.141. The van der Waals surface area contributed by atoms with Crippen LogP contribution in [0.25, 0.3) is 6.08 Å². The summed E-state index contributed by atoms with van der Waals surface area (Å²) in [5.41, 5.74) is 0.441. The van der Waals surface area contributed by atoms with Gasteiger partial charge in [-0.3, -0.25) is 19.1 Å². The number of amides is 4. The number of carbonyl (C=O) groups is 4. The molecule has 4 amide bonds. The number of sulfonamides is 1. The van der Waals surface area contributed by atoms with Gasteiger partial charge in [0, 0.05) is 18.9 Å². The van der Waals surface area contributed by atoms with E-state index < -0.39 is 68.7 Å². The Morgan fingerprint density at radius 1 is 1.24 bits per heavy atom. The quantitative estimate of drug-likeness (QED) is 0.342. The fraction of sp³-hybridized carbons (Fsp3) is 0.576. The van der Waals surface area contributed by atoms with E-state index in [4.69, 9.17) is 9.47 Å². The summed E-state index contributed by atoms with van der Waals surface area (Å²) in [4.78, 5) is 55.4. The molecule has 5 atom stereocenters. The van der Waals surface area contributed by atoms with Crippen LogP contribution >= 0.6 is 0 Å². The van der Waals surface area contributed by atoms with Gasteiger partial charge < -0.3 is 25.0 Å². The number of carbonyl (C=O) groups excluding carboxylic acids is 4. The predicted molar refractivity (Wildman–Crippen MR) is 170 cm³/mol. The van der Waals surface area contributed by atoms with Crippen molar-refractivity contribution >= 4 is 39.9 Å². The number of nitrogens with one attached hydrogen (secondary N) is 3. The lowest BCUT2D eigenvalue weighted by Crippen LogP contribution is -2.58. The number of nitrogens with zero attached hydrogens (tertiary/aromatic N) is 1. The first-order valence-electron chi connectivity index (χ1n) is 16.2. The monoisotopic (exact) mass is 656 g/mol. The van der Waals surface area contributed by atoms with Crippen LogP contribution in [0.1, 0.15) is 75.8 Å². The average molecular weight is 657 g/mol. The third-order valence-corrected chi connectivity index (χ3v) is 10.8. The van der Waals surface area contributed by atoms with Gasteiger partial charge in [0.15, 0.2) is 0 Å². The molecule has 2 heterocycles. The summed E-state index contributed by atoms with van der Waals surface area (Å²) in [6.45, 7) is 6.26. The standard InChI is InChI=1S/C33H44N4O8S/c1-3-5-13-27-30(39)37-20-25(45-21-23-12-9-11-22(17-23)10-7-6-8-16-44-32(41)34-27)18-28(37)29(38)35-33(19-24(33)4-2)31(40)36-46(42,43)26-14-15-26/h4,7,9-12,17,24-28H,2-3,5-6,8,13-16,18-21H2,1H3,(H,34,41)(H,35,38)(H,36,40)/b10-7-/t24-,25-,27+,28+,33-/m1/s1. The Balaban J connectivity index is 1.39. The number of alkyl carbamates (subject to hydrolysis) is 1. The number of allylic oxidation sites excluding steroid dienone is 1. The average Bonchev–Trinajstić information content (AvgIpc) is 3.96. The van der Waals surface area contributed by atoms with Crippen molar-refractivity contribution in [2.24, 2.45) is 5.92 Å². The summed E-state index contributed by atoms with van der Waals surface area (Å²) in [6, 6.07) is 5.91. The Bertz CT molecular complexity index is 1480. The molecule has 250 valence electrons. The topological polar surface area (TPSA) is 160 Å². The molecule has 0 radical (unpaired) electrons. The molecule has 4 bridgehead atoms. The molecule has 0 unspecified atom stereocenters. The summed E-state index contributed by atoms with van der Waals surface area (Å²) >= 11 is 0. The second-order valence-corrected chi connectivity index (χ2v) is 14.6. The van der Waals surface area contributed by atoms with E-state index in [-0.39, 0.29) is 32.6 Å². The minimum absolute atomic E-state index is 0.0933. The van der Waals surface area contributed by atoms with Gasteiger partial charge in [-0.15, -0.1) is 6.58 Å². The Kier molecular flexibility index (Phi) is 10.5. The molecule has 2 aliphatic heterocycles. The van der Waals surface area contributed by atoms with Crippen LogP contribution in [0.5, 0.6) is 0 Å². The van der Waals surface area contributed by atoms with Crippen LogP contribution in [0, 0.1) is 5.92 Å². The number of hydrogen-bond acceptors (Lipinski definition) is 8. The van der Waals surface area contributed by atoms with Gasteiger partial charge in [-0.1, -0.05) is 56.2 Å². The minimum atomic E-state index is -3.85. The lowest BCUT2D eigenvalue weighted by atomic mass is 10.1. The van der Waals surface area contributed by atoms with Crippen molar-refractivity contribution in [2.75, 3.05) is 13.2 Å². The fourth-order valence-corrected chi connectivity index (χ4v) is 7.43. The Morgan fingerprint density at radius 2 is 2.04 bits per heavy atom. The van der Waals surface area contributed by atoms with Gasteiger partial charge in [0.05, 0.1) is 24.6 Å². The molecule has 2 saturated carbocycles. The van der Waals surface area contributed by atoms with Crippen molar-refractivity contribution in [1.29, 1.82) is 0 Å². The van der Waals surface area contributed by atoms with Crippen LogP contribution in [0.15, 0.2) is 43.0 Å². The maximum Gasteiger partial charge on any atom is 0.407 e. The Labute approximate surface area is 270 Å². The highest BCUT2D eigenvalue weighted by Crippen LogP contribution is 2.45. The van der Waals surface area contributed by atoms with Crippen LogP contribution in [-0.2, 0) is 40.5 Å². The molecule has 1 aromatic carbocycles. The molecule has 2 aliphatic carbocycles. The van der Waals surface area contributed by atoms with Gasteiger partial charge in [-0.05, 0) is 55.7 Å². The second-order valence-electron chi connectivity index (χ2n) is 12.6. The zero-order valence-electron chi connectivity index (χ0n) is 26.2. The summed E-state index contributed by atoms with van der Waals surface area (Å²) in [5, 5.41) is 4.88. The van der Waals surface area contributed by atoms with E-state index in [2.05, 4.69) is 21.9 Å². The van der Waals surface area contributed by atoms with Gasteiger partial charge >= 0.3 is 6.09 Å². The van der Waals surface area contributed by atoms with Gasteiger partial charge in [0.2, 0.25) is 21.8 Å². The zero-order valence-corrected chi connectivity index (χ0v) is 27.1. The number of fused-ring (bicyclic) bond motifs is 4. The molecule has 13 heteroatoms. The maximum absolute atomic E-state index is 14.0. The SMILES string of the molecule is C=C[C@@H]1C[C@]1(NC(=O)[C@@H]1C[C@@H]2CN1C(=O)[C@H](CCCC)NC(=O)OCCC/C=C\c1cccc(c1)CO2)C(=O)NS(=O)(=O)C1CC1. The lowest BCUT2D eigenvalue weighted by Gasteiger charge is -2.29. The van der Waals surface area contributed by atoms with E-state index in [0.717, 1.165) is 17.5 Å². The molecule has 3 N–H and O–H groups in total. The van der Waals surface area contributed by atoms with E-state index in [1.165, 1.54) is 11.0 Å². The summed E-state index contributed by atoms with van der Waals surface area (Å²) in [6.07, 6.45) is 8.72. The van der Waals surface area contributed by atoms with Crippen LogP contribution in [0.4, 0.5) is 4.79 Å². The van der Waals surface area contributed by atoms with Crippen molar-refractivity contribution in [1.82, 2.24) is 20.3 Å². The van der Waals surface area contributed by atoms with Gasteiger partial charge in [-0.2, -0.15) is 0 Å². The van der Waals surface area contributed by atoms with Gasteiger partial charge in [0.1, 0.15) is 17.6 Å². The molecule has 3 fully saturated rings. The highest BCUT2D eigenvalue weighted by Gasteiger charge is 2.62. The molecule has 46 heavy (non-hydrogen) atoms. The van der Waals surface area contributed by atoms with Crippen molar-refractivity contribution in [3.8, 4) is 0 Å². The fourth-order valence-electron chi connectivity index (χ4n) is 6.07. The Morgan fingerprint density at radius 3 is 2.76 bits per heavy atom. The normalized spacial score (nSPS) is 29.4. The van der Waals surface area contributed by atoms with Crippen molar-refractivity contribution in [3.05, 3.63) is 54.1 Å². The molecule has 5 rings (SSSR count). The van der Waals surface area contributed by atoms with Crippen LogP contribution in [0.3, 0.4) is 0 Å². The highest BCUT2D eigenvalue weighted by molar-refractivity contribution is 7.91. The summed E-state index contributed by atoms with van der Waals surface area (Å²) in [5.74, 6) is -2.33. The largest absolute Gasteiger partial charge is 0.450 e. The van der Waals surface area contributed by atoms with E-state index in [9.17, 15) is 27.6 Å². The van der Waals surface area contributed by atoms with Crippen molar-refractivity contribution in [3.63, 3.8) is 0 Å². The summed E-state index contributed by atoms with van der Waals surface area (Å²) < 4.78 is 38.9. The molecular weight excluding hydrogens is 612 g/mol. The second kappa shape index (κ2) is 14.4. The van der Waals surface area contributed by atoms with Crippen LogP contribution in [0.2, 0.25) is 0 Å². The number of benzene rings is 1. The third-order valence-electron chi connectivity index (χ3n) is 9.03. The molecular formula is C33H44N4O8S. The number of ether oxygens (including phenoxy) is 2. The molecule has 1 aromatic rings. The van der Waals surface area contributed by atoms with Crippen LogP contribution in [-0.4, -0.2) is 79.3 Å². The predicted octanol–water partition coefficient (Wildman–Crippen LogP) is 2.93. The number of unbranched alkanes of at least 4 members (excludes halogenated alkanes) is 1. The number of hydrogen-bond donors (Lipinski definition) is 3. The van der Waals surface area contributed by atoms with E-state index >= 15 is 0 Å². The molecule has 1 saturated heterocycles. The molecule has 12 nitrogen and oxygen atoms in total. The number of rotatable bonds is 9. The molecule has 4 aliphatic rings. The Hall–Kier alpha value is -3.71. The summed E-state index contributed by atoms with van der Waals surface area (Å²) in [7, 11) is -3.85. The minimum Gasteiger partial charge on any atom is -0.450 e. The maximum atomic E-state index is 14.0. The van der Waals surface area contributed by atoms with E-state index in [1.54, 1.807) is 0 Å². The van der Waals surface area contributed by atoms with Crippen LogP contribution < -0.4 is 15.4 Å². The first-order valence-corrected chi connectivity index (χ1v) is 17.7. The zero-order chi connectivity index (χ0) is 32.9. The first kappa shape index (κ1) is 33.6. The molecule has 0 aromatic heterocycles. The smallest absolute Gasteiger partial charge is 0.407 e. The molecule has 0 spiro atoms. The number of cyclic esters (lactones) is 1. The third kappa shape index (κ3) is 7.98. The van der Waals surface area contributed by atoms with E-state index in [0.29, 0.717) is 38.5 Å². The van der Waals surface area contributed by atoms with E-state index in [1.807, 2.05) is 43.3 Å². The van der Waals surface area contributed by atoms with Gasteiger partial charge in [0.25, 0.3) is 5.91 Å². The highest BCUT2D eigenvalue weighted by atomic mass is 32.2. The van der Waals surface area contributed by atoms with Crippen molar-refractivity contribution < 1.29 is 37.1 Å². The van der Waals surface area contributed by atoms with Crippen molar-refractivity contribution in [2.45, 2.75) is 100 Å². The first-order chi connectivity index (χ1) is 22.1. The van der Waals surface area contributed by atoms with Gasteiger partial charge in [-0.25, -0.2) is 13.2 Å².